The molecule has 2 unspecified atom stereocenters. The highest BCUT2D eigenvalue weighted by Crippen LogP contribution is 2.33. The fourth-order valence-electron chi connectivity index (χ4n) is 2.21. The Kier molecular flexibility index (Phi) is 3.19. The van der Waals surface area contributed by atoms with Crippen molar-refractivity contribution in [3.63, 3.8) is 0 Å². The molecule has 1 aromatic carbocycles. The van der Waals surface area contributed by atoms with Crippen molar-refractivity contribution in [2.75, 3.05) is 7.05 Å². The smallest absolute Gasteiger partial charge is 0.234 e. The second kappa shape index (κ2) is 4.43. The molecule has 0 fully saturated rings. The Hall–Kier alpha value is -0.710. The van der Waals surface area contributed by atoms with Crippen molar-refractivity contribution in [1.82, 2.24) is 4.31 Å². The number of aryl methyl sites for hydroxylation is 1. The molecule has 0 aromatic heterocycles. The van der Waals surface area contributed by atoms with Crippen LogP contribution in [0.5, 0.6) is 0 Å². The van der Waals surface area contributed by atoms with E-state index in [2.05, 4.69) is 12.1 Å². The summed E-state index contributed by atoms with van der Waals surface area (Å²) in [5.41, 5.74) is 2.51. The maximum Gasteiger partial charge on any atom is 0.234 e. The molecule has 1 aliphatic carbocycles. The predicted molar refractivity (Wildman–Crippen MR) is 60.7 cm³/mol. The first-order chi connectivity index (χ1) is 7.20. The number of fused-ring (bicyclic) bond motifs is 1. The van der Waals surface area contributed by atoms with E-state index in [0.29, 0.717) is 0 Å². The molecule has 1 aromatic rings. The number of benzene rings is 1. The normalized spacial score (nSPS) is 22.5. The molecule has 0 aliphatic heterocycles. The van der Waals surface area contributed by atoms with Crippen LogP contribution in [0.1, 0.15) is 30.0 Å². The Bertz CT molecular complexity index is 381. The molecule has 0 radical (unpaired) electrons. The first-order valence-electron chi connectivity index (χ1n) is 5.12. The Morgan fingerprint density at radius 2 is 2.20 bits per heavy atom. The lowest BCUT2D eigenvalue weighted by Gasteiger charge is -2.30. The van der Waals surface area contributed by atoms with Crippen LogP contribution >= 0.6 is 0 Å². The molecule has 0 heterocycles. The molecule has 2 atom stereocenters. The third-order valence-corrected chi connectivity index (χ3v) is 3.77. The van der Waals surface area contributed by atoms with E-state index in [9.17, 15) is 4.21 Å². The van der Waals surface area contributed by atoms with E-state index in [0.717, 1.165) is 19.3 Å². The minimum atomic E-state index is -1.88. The molecular weight excluding hydrogens is 210 g/mol. The van der Waals surface area contributed by atoms with Crippen molar-refractivity contribution in [3.05, 3.63) is 35.4 Å². The molecule has 0 saturated carbocycles. The van der Waals surface area contributed by atoms with Crippen LogP contribution in [0.3, 0.4) is 0 Å². The standard InChI is InChI=1S/C11H15NO2S/c1-12(15(13)14)11-8-4-6-9-5-2-3-7-10(9)11/h2-3,5,7,11H,4,6,8H2,1H3,(H,13,14). The molecule has 2 rings (SSSR count). The number of rotatable bonds is 2. The topological polar surface area (TPSA) is 40.5 Å². The molecule has 4 heteroatoms. The Labute approximate surface area is 92.5 Å². The van der Waals surface area contributed by atoms with E-state index in [1.165, 1.54) is 15.4 Å². The van der Waals surface area contributed by atoms with Crippen molar-refractivity contribution in [1.29, 1.82) is 0 Å². The van der Waals surface area contributed by atoms with Gasteiger partial charge >= 0.3 is 0 Å². The summed E-state index contributed by atoms with van der Waals surface area (Å²) in [6.45, 7) is 0. The summed E-state index contributed by atoms with van der Waals surface area (Å²) in [6, 6.07) is 8.27. The summed E-state index contributed by atoms with van der Waals surface area (Å²) >= 11 is -1.88. The summed E-state index contributed by atoms with van der Waals surface area (Å²) in [4.78, 5) is 0. The van der Waals surface area contributed by atoms with Gasteiger partial charge in [0.15, 0.2) is 0 Å². The quantitative estimate of drug-likeness (QED) is 0.783. The van der Waals surface area contributed by atoms with Crippen LogP contribution in [0.25, 0.3) is 0 Å². The molecule has 0 amide bonds. The van der Waals surface area contributed by atoms with Crippen molar-refractivity contribution >= 4 is 11.3 Å². The van der Waals surface area contributed by atoms with E-state index >= 15 is 0 Å². The van der Waals surface area contributed by atoms with Crippen LogP contribution in [-0.4, -0.2) is 20.1 Å². The lowest BCUT2D eigenvalue weighted by molar-refractivity contribution is 0.330. The van der Waals surface area contributed by atoms with Gasteiger partial charge in [-0.3, -0.25) is 4.55 Å². The zero-order chi connectivity index (χ0) is 10.8. The van der Waals surface area contributed by atoms with Gasteiger partial charge < -0.3 is 0 Å². The van der Waals surface area contributed by atoms with E-state index in [-0.39, 0.29) is 6.04 Å². The van der Waals surface area contributed by atoms with Gasteiger partial charge in [-0.05, 0) is 30.4 Å². The molecule has 82 valence electrons. The van der Waals surface area contributed by atoms with Gasteiger partial charge in [0.05, 0.1) is 0 Å². The van der Waals surface area contributed by atoms with Gasteiger partial charge in [0.25, 0.3) is 0 Å². The van der Waals surface area contributed by atoms with Crippen molar-refractivity contribution < 1.29 is 8.76 Å². The maximum atomic E-state index is 11.0. The highest BCUT2D eigenvalue weighted by atomic mass is 32.2. The van der Waals surface area contributed by atoms with Crippen LogP contribution in [0.15, 0.2) is 24.3 Å². The van der Waals surface area contributed by atoms with E-state index in [1.54, 1.807) is 7.05 Å². The molecule has 0 spiro atoms. The van der Waals surface area contributed by atoms with Gasteiger partial charge in [0, 0.05) is 13.1 Å². The maximum absolute atomic E-state index is 11.0. The van der Waals surface area contributed by atoms with Crippen LogP contribution in [0, 0.1) is 0 Å². The Morgan fingerprint density at radius 1 is 1.47 bits per heavy atom. The van der Waals surface area contributed by atoms with Gasteiger partial charge in [-0.15, -0.1) is 0 Å². The van der Waals surface area contributed by atoms with Gasteiger partial charge in [-0.2, -0.15) is 4.31 Å². The van der Waals surface area contributed by atoms with Crippen LogP contribution in [0.2, 0.25) is 0 Å². The number of nitrogens with zero attached hydrogens (tertiary/aromatic N) is 1. The average Bonchev–Trinajstić information content (AvgIpc) is 2.27. The first kappa shape index (κ1) is 10.8. The molecule has 1 N–H and O–H groups in total. The van der Waals surface area contributed by atoms with Gasteiger partial charge in [-0.1, -0.05) is 24.3 Å². The molecule has 0 bridgehead atoms. The third-order valence-electron chi connectivity index (χ3n) is 3.02. The lowest BCUT2D eigenvalue weighted by Crippen LogP contribution is -2.29. The molecule has 15 heavy (non-hydrogen) atoms. The van der Waals surface area contributed by atoms with Crippen molar-refractivity contribution in [2.45, 2.75) is 25.3 Å². The van der Waals surface area contributed by atoms with Crippen LogP contribution in [-0.2, 0) is 17.7 Å². The Morgan fingerprint density at radius 3 is 2.93 bits per heavy atom. The minimum absolute atomic E-state index is 0.0841. The zero-order valence-electron chi connectivity index (χ0n) is 8.72. The van der Waals surface area contributed by atoms with Crippen molar-refractivity contribution in [3.8, 4) is 0 Å². The molecular formula is C11H15NO2S. The fraction of sp³-hybridized carbons (Fsp3) is 0.455. The molecule has 0 saturated heterocycles. The summed E-state index contributed by atoms with van der Waals surface area (Å²) < 4.78 is 21.7. The zero-order valence-corrected chi connectivity index (χ0v) is 9.54. The van der Waals surface area contributed by atoms with E-state index < -0.39 is 11.3 Å². The number of hydrogen-bond donors (Lipinski definition) is 1. The second-order valence-corrected chi connectivity index (χ2v) is 4.92. The fourth-order valence-corrected chi connectivity index (χ4v) is 2.65. The summed E-state index contributed by atoms with van der Waals surface area (Å²) in [5.74, 6) is 0. The largest absolute Gasteiger partial charge is 0.294 e. The van der Waals surface area contributed by atoms with E-state index in [1.807, 2.05) is 12.1 Å². The van der Waals surface area contributed by atoms with Crippen LogP contribution in [0.4, 0.5) is 0 Å². The number of hydrogen-bond acceptors (Lipinski definition) is 1. The van der Waals surface area contributed by atoms with Gasteiger partial charge in [0.1, 0.15) is 0 Å². The van der Waals surface area contributed by atoms with E-state index in [4.69, 9.17) is 4.55 Å². The molecule has 1 aliphatic rings. The second-order valence-electron chi connectivity index (χ2n) is 3.88. The highest BCUT2D eigenvalue weighted by Gasteiger charge is 2.25. The lowest BCUT2D eigenvalue weighted by atomic mass is 9.88. The third kappa shape index (κ3) is 2.12. The Balaban J connectivity index is 2.33. The van der Waals surface area contributed by atoms with Crippen molar-refractivity contribution in [2.24, 2.45) is 0 Å². The SMILES string of the molecule is CN(C1CCCc2ccccc21)S(=O)O. The summed E-state index contributed by atoms with van der Waals surface area (Å²) in [5, 5.41) is 0. The van der Waals surface area contributed by atoms with Gasteiger partial charge in [-0.25, -0.2) is 4.21 Å². The summed E-state index contributed by atoms with van der Waals surface area (Å²) in [6.07, 6.45) is 3.13. The average molecular weight is 225 g/mol. The minimum Gasteiger partial charge on any atom is -0.294 e. The highest BCUT2D eigenvalue weighted by molar-refractivity contribution is 7.76. The predicted octanol–water partition coefficient (Wildman–Crippen LogP) is 2.13. The van der Waals surface area contributed by atoms with Crippen LogP contribution < -0.4 is 0 Å². The monoisotopic (exact) mass is 225 g/mol. The first-order valence-corrected chi connectivity index (χ1v) is 6.18. The molecule has 3 nitrogen and oxygen atoms in total. The van der Waals surface area contributed by atoms with Gasteiger partial charge in [0.2, 0.25) is 11.3 Å². The summed E-state index contributed by atoms with van der Waals surface area (Å²) in [7, 11) is 1.70.